The van der Waals surface area contributed by atoms with E-state index >= 15 is 0 Å². The minimum absolute atomic E-state index is 0.238. The maximum Gasteiger partial charge on any atom is 0.338 e. The highest BCUT2D eigenvalue weighted by Crippen LogP contribution is 2.27. The average molecular weight is 250 g/mol. The summed E-state index contributed by atoms with van der Waals surface area (Å²) in [6.45, 7) is 5.04. The Bertz CT molecular complexity index is 431. The van der Waals surface area contributed by atoms with Gasteiger partial charge < -0.3 is 9.52 Å². The van der Waals surface area contributed by atoms with Gasteiger partial charge >= 0.3 is 5.97 Å². The first-order valence-electron chi connectivity index (χ1n) is 6.49. The maximum absolute atomic E-state index is 10.8. The van der Waals surface area contributed by atoms with Gasteiger partial charge in [-0.1, -0.05) is 0 Å². The zero-order valence-corrected chi connectivity index (χ0v) is 10.3. The Hall–Kier alpha value is -1.33. The topological polar surface area (TPSA) is 56.9 Å². The first-order valence-corrected chi connectivity index (χ1v) is 6.49. The summed E-state index contributed by atoms with van der Waals surface area (Å²) >= 11 is 0. The lowest BCUT2D eigenvalue weighted by Gasteiger charge is -2.34. The van der Waals surface area contributed by atoms with Crippen molar-refractivity contribution in [1.29, 1.82) is 0 Å². The lowest BCUT2D eigenvalue weighted by atomic mass is 10.2. The number of aromatic carboxylic acids is 1. The molecule has 1 aliphatic carbocycles. The van der Waals surface area contributed by atoms with Gasteiger partial charge in [-0.15, -0.1) is 0 Å². The first kappa shape index (κ1) is 11.7. The molecule has 0 unspecified atom stereocenters. The Balaban J connectivity index is 1.52. The molecule has 5 heteroatoms. The maximum atomic E-state index is 10.8. The van der Waals surface area contributed by atoms with Crippen molar-refractivity contribution >= 4 is 5.97 Å². The zero-order chi connectivity index (χ0) is 12.5. The van der Waals surface area contributed by atoms with Crippen molar-refractivity contribution in [1.82, 2.24) is 9.80 Å². The summed E-state index contributed by atoms with van der Waals surface area (Å²) in [5.74, 6) is -0.184. The molecule has 0 amide bonds. The predicted octanol–water partition coefficient (Wildman–Crippen LogP) is 1.26. The highest BCUT2D eigenvalue weighted by molar-refractivity contribution is 5.87. The molecule has 3 rings (SSSR count). The van der Waals surface area contributed by atoms with Crippen LogP contribution in [-0.2, 0) is 6.54 Å². The van der Waals surface area contributed by atoms with Crippen LogP contribution in [0.25, 0.3) is 0 Å². The van der Waals surface area contributed by atoms with Crippen LogP contribution in [0.3, 0.4) is 0 Å². The van der Waals surface area contributed by atoms with Crippen molar-refractivity contribution in [3.8, 4) is 0 Å². The van der Waals surface area contributed by atoms with Crippen molar-refractivity contribution < 1.29 is 14.3 Å². The number of hydrogen-bond acceptors (Lipinski definition) is 4. The minimum Gasteiger partial charge on any atom is -0.478 e. The van der Waals surface area contributed by atoms with Gasteiger partial charge in [-0.05, 0) is 18.9 Å². The monoisotopic (exact) mass is 250 g/mol. The van der Waals surface area contributed by atoms with Crippen molar-refractivity contribution in [2.45, 2.75) is 25.4 Å². The van der Waals surface area contributed by atoms with E-state index in [9.17, 15) is 4.79 Å². The van der Waals surface area contributed by atoms with Gasteiger partial charge in [0, 0.05) is 32.2 Å². The van der Waals surface area contributed by atoms with Crippen LogP contribution in [0.15, 0.2) is 16.7 Å². The van der Waals surface area contributed by atoms with Crippen LogP contribution in [0.1, 0.15) is 29.0 Å². The second-order valence-electron chi connectivity index (χ2n) is 5.15. The van der Waals surface area contributed by atoms with Crippen LogP contribution in [0.4, 0.5) is 0 Å². The van der Waals surface area contributed by atoms with Crippen molar-refractivity contribution in [2.24, 2.45) is 0 Å². The van der Waals surface area contributed by atoms with E-state index in [1.807, 2.05) is 0 Å². The first-order chi connectivity index (χ1) is 8.72. The normalized spacial score (nSPS) is 22.2. The minimum atomic E-state index is -0.927. The van der Waals surface area contributed by atoms with E-state index in [0.29, 0.717) is 6.54 Å². The van der Waals surface area contributed by atoms with E-state index in [0.717, 1.165) is 38.0 Å². The fourth-order valence-corrected chi connectivity index (χ4v) is 2.52. The summed E-state index contributed by atoms with van der Waals surface area (Å²) < 4.78 is 5.28. The fourth-order valence-electron chi connectivity index (χ4n) is 2.52. The van der Waals surface area contributed by atoms with Gasteiger partial charge in [0.05, 0.1) is 12.1 Å². The number of nitrogens with zero attached hydrogens (tertiary/aromatic N) is 2. The van der Waals surface area contributed by atoms with Crippen LogP contribution in [-0.4, -0.2) is 53.1 Å². The zero-order valence-electron chi connectivity index (χ0n) is 10.3. The molecule has 1 N–H and O–H groups in total. The van der Waals surface area contributed by atoms with E-state index < -0.39 is 5.97 Å². The molecule has 0 aromatic carbocycles. The Morgan fingerprint density at radius 3 is 2.61 bits per heavy atom. The molecule has 5 nitrogen and oxygen atoms in total. The second kappa shape index (κ2) is 4.74. The quantitative estimate of drug-likeness (QED) is 0.871. The molecule has 0 radical (unpaired) electrons. The predicted molar refractivity (Wildman–Crippen MR) is 65.5 cm³/mol. The molecule has 0 atom stereocenters. The smallest absolute Gasteiger partial charge is 0.338 e. The van der Waals surface area contributed by atoms with Gasteiger partial charge in [-0.3, -0.25) is 9.80 Å². The second-order valence-corrected chi connectivity index (χ2v) is 5.15. The Kier molecular flexibility index (Phi) is 3.09. The van der Waals surface area contributed by atoms with Gasteiger partial charge in [0.1, 0.15) is 12.0 Å². The summed E-state index contributed by atoms with van der Waals surface area (Å²) in [5, 5.41) is 8.83. The SMILES string of the molecule is O=C(O)c1coc(CN2CCN(C3CC3)CC2)c1. The van der Waals surface area contributed by atoms with E-state index in [1.54, 1.807) is 6.07 Å². The molecule has 1 saturated carbocycles. The van der Waals surface area contributed by atoms with Gasteiger partial charge in [-0.2, -0.15) is 0 Å². The standard InChI is InChI=1S/C13H18N2O3/c16-13(17)10-7-12(18-9-10)8-14-3-5-15(6-4-14)11-1-2-11/h7,9,11H,1-6,8H2,(H,16,17). The fraction of sp³-hybridized carbons (Fsp3) is 0.615. The molecule has 2 fully saturated rings. The van der Waals surface area contributed by atoms with Crippen LogP contribution in [0, 0.1) is 0 Å². The summed E-state index contributed by atoms with van der Waals surface area (Å²) in [6.07, 6.45) is 4.04. The van der Waals surface area contributed by atoms with E-state index in [-0.39, 0.29) is 5.56 Å². The van der Waals surface area contributed by atoms with E-state index in [2.05, 4.69) is 9.80 Å². The lowest BCUT2D eigenvalue weighted by molar-refractivity contribution is 0.0696. The largest absolute Gasteiger partial charge is 0.478 e. The number of hydrogen-bond donors (Lipinski definition) is 1. The molecule has 98 valence electrons. The van der Waals surface area contributed by atoms with Gasteiger partial charge in [-0.25, -0.2) is 4.79 Å². The molecule has 18 heavy (non-hydrogen) atoms. The molecular weight excluding hydrogens is 232 g/mol. The van der Waals surface area contributed by atoms with Gasteiger partial charge in [0.15, 0.2) is 0 Å². The van der Waals surface area contributed by atoms with E-state index in [1.165, 1.54) is 19.1 Å². The third-order valence-electron chi connectivity index (χ3n) is 3.75. The molecule has 1 saturated heterocycles. The van der Waals surface area contributed by atoms with Gasteiger partial charge in [0.25, 0.3) is 0 Å². The van der Waals surface area contributed by atoms with Crippen molar-refractivity contribution in [2.75, 3.05) is 26.2 Å². The van der Waals surface area contributed by atoms with Crippen molar-refractivity contribution in [3.63, 3.8) is 0 Å². The highest BCUT2D eigenvalue weighted by Gasteiger charge is 2.31. The van der Waals surface area contributed by atoms with Crippen molar-refractivity contribution in [3.05, 3.63) is 23.7 Å². The number of piperazine rings is 1. The summed E-state index contributed by atoms with van der Waals surface area (Å²) in [5.41, 5.74) is 0.238. The lowest BCUT2D eigenvalue weighted by Crippen LogP contribution is -2.46. The third-order valence-corrected chi connectivity index (χ3v) is 3.75. The number of rotatable bonds is 4. The average Bonchev–Trinajstić information content (AvgIpc) is 3.10. The summed E-state index contributed by atoms with van der Waals surface area (Å²) in [4.78, 5) is 15.6. The Labute approximate surface area is 106 Å². The van der Waals surface area contributed by atoms with Gasteiger partial charge in [0.2, 0.25) is 0 Å². The third kappa shape index (κ3) is 2.57. The molecule has 1 aromatic rings. The molecule has 0 spiro atoms. The summed E-state index contributed by atoms with van der Waals surface area (Å²) in [6, 6.07) is 2.46. The number of carbonyl (C=O) groups is 1. The Morgan fingerprint density at radius 2 is 2.06 bits per heavy atom. The molecule has 2 aliphatic rings. The number of carboxylic acids is 1. The highest BCUT2D eigenvalue weighted by atomic mass is 16.4. The molecule has 1 aromatic heterocycles. The molecular formula is C13H18N2O3. The molecule has 1 aliphatic heterocycles. The number of carboxylic acid groups (broad SMARTS) is 1. The van der Waals surface area contributed by atoms with E-state index in [4.69, 9.17) is 9.52 Å². The number of furan rings is 1. The van der Waals surface area contributed by atoms with Crippen LogP contribution in [0.2, 0.25) is 0 Å². The van der Waals surface area contributed by atoms with Crippen LogP contribution < -0.4 is 0 Å². The molecule has 0 bridgehead atoms. The summed E-state index contributed by atoms with van der Waals surface area (Å²) in [7, 11) is 0. The van der Waals surface area contributed by atoms with Crippen LogP contribution >= 0.6 is 0 Å². The molecule has 2 heterocycles. The Morgan fingerprint density at radius 1 is 1.33 bits per heavy atom. The van der Waals surface area contributed by atoms with Crippen LogP contribution in [0.5, 0.6) is 0 Å².